The first-order valence-electron chi connectivity index (χ1n) is 4.66. The largest absolute Gasteiger partial charge is 0.418 e. The monoisotopic (exact) mass is 234 g/mol. The zero-order valence-electron chi connectivity index (χ0n) is 8.73. The fourth-order valence-corrected chi connectivity index (χ4v) is 1.17. The van der Waals surface area contributed by atoms with Gasteiger partial charge in [-0.3, -0.25) is 0 Å². The van der Waals surface area contributed by atoms with E-state index >= 15 is 0 Å². The van der Waals surface area contributed by atoms with Gasteiger partial charge in [0.2, 0.25) is 0 Å². The van der Waals surface area contributed by atoms with E-state index < -0.39 is 11.7 Å². The third kappa shape index (κ3) is 3.27. The van der Waals surface area contributed by atoms with E-state index in [-0.39, 0.29) is 11.5 Å². The summed E-state index contributed by atoms with van der Waals surface area (Å²) in [6.45, 7) is 0.937. The number of rotatable bonds is 4. The smallest absolute Gasteiger partial charge is 0.384 e. The van der Waals surface area contributed by atoms with E-state index in [9.17, 15) is 13.2 Å². The summed E-state index contributed by atoms with van der Waals surface area (Å²) in [7, 11) is 1.72. The van der Waals surface area contributed by atoms with Crippen molar-refractivity contribution in [3.63, 3.8) is 0 Å². The normalized spacial score (nSPS) is 11.5. The highest BCUT2D eigenvalue weighted by atomic mass is 19.4. The standard InChI is InChI=1S/C9H13F3N4/c1-14-2-3-15-7-5-16-8(13)4-6(7)9(10,11)12/h4-5,14-15H,2-3H2,1H3,(H2,13,16). The highest BCUT2D eigenvalue weighted by molar-refractivity contribution is 5.55. The molecular formula is C9H13F3N4. The molecule has 1 heterocycles. The Kier molecular flexibility index (Phi) is 3.94. The van der Waals surface area contributed by atoms with Crippen LogP contribution >= 0.6 is 0 Å². The van der Waals surface area contributed by atoms with Crippen LogP contribution in [0.5, 0.6) is 0 Å². The van der Waals surface area contributed by atoms with Gasteiger partial charge in [-0.15, -0.1) is 0 Å². The molecule has 90 valence electrons. The highest BCUT2D eigenvalue weighted by Crippen LogP contribution is 2.35. The van der Waals surface area contributed by atoms with Crippen molar-refractivity contribution < 1.29 is 13.2 Å². The molecule has 0 atom stereocenters. The molecule has 0 amide bonds. The molecular weight excluding hydrogens is 221 g/mol. The quantitative estimate of drug-likeness (QED) is 0.687. The van der Waals surface area contributed by atoms with Crippen molar-refractivity contribution >= 4 is 11.5 Å². The van der Waals surface area contributed by atoms with Crippen molar-refractivity contribution in [2.75, 3.05) is 31.2 Å². The van der Waals surface area contributed by atoms with Crippen LogP contribution in [0.2, 0.25) is 0 Å². The number of likely N-dealkylation sites (N-methyl/N-ethyl adjacent to an activating group) is 1. The summed E-state index contributed by atoms with van der Waals surface area (Å²) in [4.78, 5) is 3.63. The van der Waals surface area contributed by atoms with Crippen LogP contribution in [0.15, 0.2) is 12.3 Å². The molecule has 1 aromatic heterocycles. The number of nitrogens with two attached hydrogens (primary N) is 1. The highest BCUT2D eigenvalue weighted by Gasteiger charge is 2.33. The van der Waals surface area contributed by atoms with Crippen LogP contribution in [0.3, 0.4) is 0 Å². The number of nitrogen functional groups attached to an aromatic ring is 1. The van der Waals surface area contributed by atoms with E-state index in [0.717, 1.165) is 12.3 Å². The average Bonchev–Trinajstić information content (AvgIpc) is 2.19. The van der Waals surface area contributed by atoms with Crippen LogP contribution < -0.4 is 16.4 Å². The maximum atomic E-state index is 12.6. The van der Waals surface area contributed by atoms with Gasteiger partial charge in [-0.2, -0.15) is 13.2 Å². The summed E-state index contributed by atoms with van der Waals surface area (Å²) in [5, 5.41) is 5.47. The first-order chi connectivity index (χ1) is 7.45. The molecule has 7 heteroatoms. The Bertz CT molecular complexity index is 351. The Morgan fingerprint density at radius 2 is 2.06 bits per heavy atom. The number of nitrogens with one attached hydrogen (secondary N) is 2. The zero-order chi connectivity index (χ0) is 12.2. The lowest BCUT2D eigenvalue weighted by Crippen LogP contribution is -2.20. The van der Waals surface area contributed by atoms with E-state index in [0.29, 0.717) is 13.1 Å². The number of anilines is 2. The van der Waals surface area contributed by atoms with Gasteiger partial charge in [-0.05, 0) is 13.1 Å². The molecule has 4 N–H and O–H groups in total. The van der Waals surface area contributed by atoms with E-state index in [1.54, 1.807) is 7.05 Å². The SMILES string of the molecule is CNCCNc1cnc(N)cc1C(F)(F)F. The van der Waals surface area contributed by atoms with Crippen LogP contribution in [0.4, 0.5) is 24.7 Å². The van der Waals surface area contributed by atoms with Crippen LogP contribution in [0.1, 0.15) is 5.56 Å². The molecule has 1 aromatic rings. The van der Waals surface area contributed by atoms with Gasteiger partial charge in [-0.1, -0.05) is 0 Å². The Morgan fingerprint density at radius 1 is 1.38 bits per heavy atom. The van der Waals surface area contributed by atoms with Crippen molar-refractivity contribution in [3.05, 3.63) is 17.8 Å². The minimum absolute atomic E-state index is 0.0584. The number of hydrogen-bond donors (Lipinski definition) is 3. The van der Waals surface area contributed by atoms with Gasteiger partial charge in [-0.25, -0.2) is 4.98 Å². The molecule has 0 aliphatic rings. The Labute approximate surface area is 91.0 Å². The molecule has 4 nitrogen and oxygen atoms in total. The van der Waals surface area contributed by atoms with Gasteiger partial charge in [0.25, 0.3) is 0 Å². The van der Waals surface area contributed by atoms with Gasteiger partial charge < -0.3 is 16.4 Å². The fourth-order valence-electron chi connectivity index (χ4n) is 1.17. The van der Waals surface area contributed by atoms with Gasteiger partial charge in [0.15, 0.2) is 0 Å². The molecule has 0 unspecified atom stereocenters. The molecule has 0 aliphatic carbocycles. The molecule has 0 saturated carbocycles. The Balaban J connectivity index is 2.90. The van der Waals surface area contributed by atoms with Gasteiger partial charge >= 0.3 is 6.18 Å². The molecule has 0 bridgehead atoms. The van der Waals surface area contributed by atoms with Crippen molar-refractivity contribution in [2.24, 2.45) is 0 Å². The van der Waals surface area contributed by atoms with Crippen molar-refractivity contribution in [1.29, 1.82) is 0 Å². The van der Waals surface area contributed by atoms with Crippen LogP contribution in [0, 0.1) is 0 Å². The maximum Gasteiger partial charge on any atom is 0.418 e. The summed E-state index contributed by atoms with van der Waals surface area (Å²) in [6.07, 6.45) is -3.34. The Hall–Kier alpha value is -1.50. The number of hydrogen-bond acceptors (Lipinski definition) is 4. The van der Waals surface area contributed by atoms with Gasteiger partial charge in [0.05, 0.1) is 17.4 Å². The Morgan fingerprint density at radius 3 is 2.62 bits per heavy atom. The number of alkyl halides is 3. The number of nitrogens with zero attached hydrogens (tertiary/aromatic N) is 1. The molecule has 0 aliphatic heterocycles. The zero-order valence-corrected chi connectivity index (χ0v) is 8.73. The maximum absolute atomic E-state index is 12.6. The minimum atomic E-state index is -4.43. The molecule has 16 heavy (non-hydrogen) atoms. The fraction of sp³-hybridized carbons (Fsp3) is 0.444. The molecule has 0 fully saturated rings. The van der Waals surface area contributed by atoms with Gasteiger partial charge in [0, 0.05) is 13.1 Å². The average molecular weight is 234 g/mol. The second-order valence-corrected chi connectivity index (χ2v) is 3.18. The summed E-state index contributed by atoms with van der Waals surface area (Å²) in [5.74, 6) is -0.147. The third-order valence-corrected chi connectivity index (χ3v) is 1.92. The molecule has 1 rings (SSSR count). The van der Waals surface area contributed by atoms with Crippen molar-refractivity contribution in [1.82, 2.24) is 10.3 Å². The van der Waals surface area contributed by atoms with Crippen LogP contribution in [-0.4, -0.2) is 25.1 Å². The van der Waals surface area contributed by atoms with E-state index in [1.165, 1.54) is 0 Å². The van der Waals surface area contributed by atoms with Crippen LogP contribution in [-0.2, 0) is 6.18 Å². The second kappa shape index (κ2) is 5.02. The summed E-state index contributed by atoms with van der Waals surface area (Å²) in [5.41, 5.74) is 4.37. The molecule has 0 radical (unpaired) electrons. The van der Waals surface area contributed by atoms with E-state index in [1.807, 2.05) is 0 Å². The van der Waals surface area contributed by atoms with Crippen molar-refractivity contribution in [2.45, 2.75) is 6.18 Å². The first-order valence-corrected chi connectivity index (χ1v) is 4.66. The topological polar surface area (TPSA) is 63.0 Å². The summed E-state index contributed by atoms with van der Waals surface area (Å²) in [6, 6.07) is 0.821. The first kappa shape index (κ1) is 12.6. The lowest BCUT2D eigenvalue weighted by Gasteiger charge is -2.14. The number of halogens is 3. The van der Waals surface area contributed by atoms with E-state index in [2.05, 4.69) is 15.6 Å². The number of aromatic nitrogens is 1. The minimum Gasteiger partial charge on any atom is -0.384 e. The molecule has 0 saturated heterocycles. The summed E-state index contributed by atoms with van der Waals surface area (Å²) < 4.78 is 37.8. The third-order valence-electron chi connectivity index (χ3n) is 1.92. The van der Waals surface area contributed by atoms with E-state index in [4.69, 9.17) is 5.73 Å². The predicted octanol–water partition coefficient (Wildman–Crippen LogP) is 1.31. The summed E-state index contributed by atoms with van der Waals surface area (Å²) >= 11 is 0. The van der Waals surface area contributed by atoms with Crippen molar-refractivity contribution in [3.8, 4) is 0 Å². The molecule has 0 aromatic carbocycles. The number of pyridine rings is 1. The molecule has 0 spiro atoms. The van der Waals surface area contributed by atoms with Crippen LogP contribution in [0.25, 0.3) is 0 Å². The second-order valence-electron chi connectivity index (χ2n) is 3.18. The lowest BCUT2D eigenvalue weighted by molar-refractivity contribution is -0.137. The lowest BCUT2D eigenvalue weighted by atomic mass is 10.2. The van der Waals surface area contributed by atoms with Gasteiger partial charge in [0.1, 0.15) is 5.82 Å². The predicted molar refractivity (Wildman–Crippen MR) is 56.1 cm³/mol.